The number of halogens is 2. The molecule has 0 radical (unpaired) electrons. The lowest BCUT2D eigenvalue weighted by Crippen LogP contribution is -2.37. The number of rotatable bonds is 5. The van der Waals surface area contributed by atoms with Crippen LogP contribution in [0.1, 0.15) is 24.2 Å². The van der Waals surface area contributed by atoms with E-state index in [1.165, 1.54) is 24.5 Å². The monoisotopic (exact) mass is 451 g/mol. The predicted octanol–water partition coefficient (Wildman–Crippen LogP) is 4.91. The third-order valence-electron chi connectivity index (χ3n) is 5.17. The molecular formula is C23H19ClFN5O2. The summed E-state index contributed by atoms with van der Waals surface area (Å²) < 4.78 is 13.5. The zero-order chi connectivity index (χ0) is 22.7. The van der Waals surface area contributed by atoms with Gasteiger partial charge in [-0.1, -0.05) is 29.8 Å². The van der Waals surface area contributed by atoms with Crippen LogP contribution >= 0.6 is 11.6 Å². The van der Waals surface area contributed by atoms with Crippen LogP contribution in [0.25, 0.3) is 10.8 Å². The standard InChI is InChI=1S/C23H19ClFN5O2/c1-14(19-11-27-22(31)18-5-3-2-4-17(18)19)30(12-16-8-9-26-13-28-16)23(32)29-15-6-7-21(25)20(24)10-15/h2-11,13-14H,12H2,1H3,(H,27,31)(H,29,32)/t14-/m1/s1. The molecule has 162 valence electrons. The SMILES string of the molecule is C[C@H](c1c[nH]c(=O)c2ccccc12)N(Cc1ccncn1)C(=O)Nc1ccc(F)c(Cl)c1. The molecule has 0 fully saturated rings. The van der Waals surface area contributed by atoms with Crippen LogP contribution in [0.4, 0.5) is 14.9 Å². The van der Waals surface area contributed by atoms with E-state index in [4.69, 9.17) is 11.6 Å². The molecule has 7 nitrogen and oxygen atoms in total. The Kier molecular flexibility index (Phi) is 6.13. The topological polar surface area (TPSA) is 91.0 Å². The van der Waals surface area contributed by atoms with Crippen molar-refractivity contribution in [1.29, 1.82) is 0 Å². The van der Waals surface area contributed by atoms with Crippen LogP contribution in [0.15, 0.2) is 72.0 Å². The number of nitrogens with one attached hydrogen (secondary N) is 2. The Balaban J connectivity index is 1.72. The number of aromatic nitrogens is 3. The summed E-state index contributed by atoms with van der Waals surface area (Å²) in [6, 6.07) is 12.0. The number of hydrogen-bond donors (Lipinski definition) is 2. The van der Waals surface area contributed by atoms with E-state index in [1.54, 1.807) is 35.5 Å². The Labute approximate surface area is 187 Å². The highest BCUT2D eigenvalue weighted by Gasteiger charge is 2.25. The van der Waals surface area contributed by atoms with Crippen LogP contribution < -0.4 is 10.9 Å². The second kappa shape index (κ2) is 9.15. The summed E-state index contributed by atoms with van der Waals surface area (Å²) in [5.41, 5.74) is 1.55. The van der Waals surface area contributed by atoms with Crippen molar-refractivity contribution < 1.29 is 9.18 Å². The molecule has 2 N–H and O–H groups in total. The number of H-pyrrole nitrogens is 1. The minimum absolute atomic E-state index is 0.0928. The van der Waals surface area contributed by atoms with Gasteiger partial charge in [0.15, 0.2) is 0 Å². The van der Waals surface area contributed by atoms with E-state index in [1.807, 2.05) is 19.1 Å². The molecule has 2 amide bonds. The van der Waals surface area contributed by atoms with Crippen LogP contribution in [-0.2, 0) is 6.54 Å². The third-order valence-corrected chi connectivity index (χ3v) is 5.46. The van der Waals surface area contributed by atoms with Crippen LogP contribution in [0, 0.1) is 5.82 Å². The number of carbonyl (C=O) groups is 1. The number of nitrogens with zero attached hydrogens (tertiary/aromatic N) is 3. The molecule has 0 aliphatic rings. The lowest BCUT2D eigenvalue weighted by molar-refractivity contribution is 0.188. The fourth-order valence-electron chi connectivity index (χ4n) is 3.49. The van der Waals surface area contributed by atoms with Crippen molar-refractivity contribution in [1.82, 2.24) is 19.9 Å². The van der Waals surface area contributed by atoms with E-state index < -0.39 is 17.9 Å². The molecule has 0 saturated carbocycles. The van der Waals surface area contributed by atoms with Crippen molar-refractivity contribution in [3.05, 3.63) is 99.7 Å². The summed E-state index contributed by atoms with van der Waals surface area (Å²) in [5, 5.41) is 3.94. The molecule has 0 spiro atoms. The first-order chi connectivity index (χ1) is 15.4. The first-order valence-corrected chi connectivity index (χ1v) is 10.2. The van der Waals surface area contributed by atoms with Gasteiger partial charge in [0.25, 0.3) is 5.56 Å². The van der Waals surface area contributed by atoms with Gasteiger partial charge < -0.3 is 15.2 Å². The largest absolute Gasteiger partial charge is 0.328 e. The Hall–Kier alpha value is -3.78. The van der Waals surface area contributed by atoms with E-state index in [0.717, 1.165) is 10.9 Å². The minimum atomic E-state index is -0.574. The highest BCUT2D eigenvalue weighted by atomic mass is 35.5. The second-order valence-corrected chi connectivity index (χ2v) is 7.59. The molecule has 2 aromatic heterocycles. The Morgan fingerprint density at radius 1 is 1.22 bits per heavy atom. The van der Waals surface area contributed by atoms with Crippen molar-refractivity contribution in [2.24, 2.45) is 0 Å². The summed E-state index contributed by atoms with van der Waals surface area (Å²) in [6.07, 6.45) is 4.62. The number of benzene rings is 2. The van der Waals surface area contributed by atoms with E-state index in [-0.39, 0.29) is 17.1 Å². The molecule has 2 heterocycles. The Bertz CT molecular complexity index is 1330. The zero-order valence-corrected chi connectivity index (χ0v) is 17.8. The molecule has 0 aliphatic carbocycles. The van der Waals surface area contributed by atoms with Crippen molar-refractivity contribution in [3.8, 4) is 0 Å². The molecule has 1 atom stereocenters. The summed E-state index contributed by atoms with van der Waals surface area (Å²) in [4.78, 5) is 38.0. The molecule has 32 heavy (non-hydrogen) atoms. The number of aromatic amines is 1. The average Bonchev–Trinajstić information content (AvgIpc) is 2.80. The summed E-state index contributed by atoms with van der Waals surface area (Å²) in [6.45, 7) is 2.04. The Morgan fingerprint density at radius 2 is 2.00 bits per heavy atom. The summed E-state index contributed by atoms with van der Waals surface area (Å²) in [7, 11) is 0. The van der Waals surface area contributed by atoms with E-state index >= 15 is 0 Å². The van der Waals surface area contributed by atoms with Crippen LogP contribution in [0.2, 0.25) is 5.02 Å². The number of fused-ring (bicyclic) bond motifs is 1. The van der Waals surface area contributed by atoms with Gasteiger partial charge in [-0.2, -0.15) is 0 Å². The smallest absolute Gasteiger partial charge is 0.322 e. The maximum Gasteiger partial charge on any atom is 0.322 e. The molecule has 0 unspecified atom stereocenters. The minimum Gasteiger partial charge on any atom is -0.328 e. The molecule has 0 saturated heterocycles. The van der Waals surface area contributed by atoms with E-state index in [9.17, 15) is 14.0 Å². The van der Waals surface area contributed by atoms with Crippen molar-refractivity contribution in [2.75, 3.05) is 5.32 Å². The molecule has 2 aromatic carbocycles. The zero-order valence-electron chi connectivity index (χ0n) is 17.0. The van der Waals surface area contributed by atoms with Gasteiger partial charge in [-0.25, -0.2) is 19.2 Å². The average molecular weight is 452 g/mol. The molecule has 0 bridgehead atoms. The first-order valence-electron chi connectivity index (χ1n) is 9.82. The molecular weight excluding hydrogens is 433 g/mol. The highest BCUT2D eigenvalue weighted by molar-refractivity contribution is 6.31. The van der Waals surface area contributed by atoms with Gasteiger partial charge >= 0.3 is 6.03 Å². The van der Waals surface area contributed by atoms with Crippen LogP contribution in [0.5, 0.6) is 0 Å². The van der Waals surface area contributed by atoms with Crippen LogP contribution in [-0.4, -0.2) is 25.9 Å². The van der Waals surface area contributed by atoms with Gasteiger partial charge in [-0.3, -0.25) is 4.79 Å². The summed E-state index contributed by atoms with van der Waals surface area (Å²) >= 11 is 5.85. The molecule has 9 heteroatoms. The molecule has 0 aliphatic heterocycles. The number of anilines is 1. The lowest BCUT2D eigenvalue weighted by Gasteiger charge is -2.30. The Morgan fingerprint density at radius 3 is 2.72 bits per heavy atom. The second-order valence-electron chi connectivity index (χ2n) is 7.18. The van der Waals surface area contributed by atoms with Gasteiger partial charge in [0.1, 0.15) is 12.1 Å². The number of carbonyl (C=O) groups excluding carboxylic acids is 1. The normalized spacial score (nSPS) is 11.8. The van der Waals surface area contributed by atoms with Crippen molar-refractivity contribution >= 4 is 34.1 Å². The summed E-state index contributed by atoms with van der Waals surface area (Å²) in [5.74, 6) is -0.574. The third kappa shape index (κ3) is 4.45. The number of amides is 2. The molecule has 4 aromatic rings. The highest BCUT2D eigenvalue weighted by Crippen LogP contribution is 2.28. The first kappa shape index (κ1) is 21.5. The van der Waals surface area contributed by atoms with E-state index in [2.05, 4.69) is 20.3 Å². The van der Waals surface area contributed by atoms with Gasteiger partial charge in [-0.05, 0) is 48.2 Å². The number of hydrogen-bond acceptors (Lipinski definition) is 4. The van der Waals surface area contributed by atoms with Crippen molar-refractivity contribution in [3.63, 3.8) is 0 Å². The van der Waals surface area contributed by atoms with Crippen LogP contribution in [0.3, 0.4) is 0 Å². The van der Waals surface area contributed by atoms with Gasteiger partial charge in [0.05, 0.1) is 23.3 Å². The number of pyridine rings is 1. The fraction of sp³-hybridized carbons (Fsp3) is 0.130. The quantitative estimate of drug-likeness (QED) is 0.451. The predicted molar refractivity (Wildman–Crippen MR) is 121 cm³/mol. The number of urea groups is 1. The van der Waals surface area contributed by atoms with Gasteiger partial charge in [-0.15, -0.1) is 0 Å². The van der Waals surface area contributed by atoms with E-state index in [0.29, 0.717) is 16.8 Å². The van der Waals surface area contributed by atoms with Crippen molar-refractivity contribution in [2.45, 2.75) is 19.5 Å². The van der Waals surface area contributed by atoms with Gasteiger partial charge in [0.2, 0.25) is 0 Å². The molecule has 4 rings (SSSR count). The fourth-order valence-corrected chi connectivity index (χ4v) is 3.67. The van der Waals surface area contributed by atoms with Gasteiger partial charge in [0, 0.05) is 23.5 Å². The maximum atomic E-state index is 13.5. The lowest BCUT2D eigenvalue weighted by atomic mass is 10.0. The maximum absolute atomic E-state index is 13.5.